The molecule has 2 bridgehead atoms. The Bertz CT molecular complexity index is 614. The van der Waals surface area contributed by atoms with Gasteiger partial charge in [0, 0.05) is 21.5 Å². The number of nitrogens with one attached hydrogen (secondary N) is 1. The molecule has 144 valence electrons. The van der Waals surface area contributed by atoms with E-state index < -0.39 is 0 Å². The molecule has 26 heavy (non-hydrogen) atoms. The Labute approximate surface area is 167 Å². The van der Waals surface area contributed by atoms with Crippen LogP contribution in [0.1, 0.15) is 73.1 Å². The predicted octanol–water partition coefficient (Wildman–Crippen LogP) is 6.18. The number of rotatable bonds is 2. The molecule has 4 heteroatoms. The van der Waals surface area contributed by atoms with Crippen molar-refractivity contribution in [3.05, 3.63) is 34.4 Å². The molecule has 0 aliphatic heterocycles. The topological polar surface area (TPSA) is 52.9 Å². The maximum atomic E-state index is 12.8. The summed E-state index contributed by atoms with van der Waals surface area (Å²) < 4.78 is 0.847. The Morgan fingerprint density at radius 2 is 1.65 bits per heavy atom. The van der Waals surface area contributed by atoms with Crippen LogP contribution >= 0.6 is 15.9 Å². The Balaban J connectivity index is 0.000000791. The van der Waals surface area contributed by atoms with Crippen molar-refractivity contribution >= 4 is 21.8 Å². The van der Waals surface area contributed by atoms with Gasteiger partial charge in [-0.2, -0.15) is 5.26 Å². The second-order valence-electron chi connectivity index (χ2n) is 7.02. The summed E-state index contributed by atoms with van der Waals surface area (Å²) in [6, 6.07) is 2.51. The Kier molecular flexibility index (Phi) is 8.34. The van der Waals surface area contributed by atoms with Gasteiger partial charge in [0.25, 0.3) is 0 Å². The smallest absolute Gasteiger partial charge is 0.249 e. The fraction of sp³-hybridized carbons (Fsp3) is 0.636. The van der Waals surface area contributed by atoms with Crippen LogP contribution in [0, 0.1) is 22.7 Å². The van der Waals surface area contributed by atoms with Gasteiger partial charge >= 0.3 is 0 Å². The summed E-state index contributed by atoms with van der Waals surface area (Å²) in [6.45, 7) is 14.0. The van der Waals surface area contributed by atoms with Crippen LogP contribution in [0.3, 0.4) is 0 Å². The summed E-state index contributed by atoms with van der Waals surface area (Å²) >= 11 is 3.51. The van der Waals surface area contributed by atoms with E-state index in [9.17, 15) is 10.1 Å². The molecule has 4 aliphatic carbocycles. The molecule has 0 heterocycles. The van der Waals surface area contributed by atoms with Crippen LogP contribution in [0.2, 0.25) is 0 Å². The van der Waals surface area contributed by atoms with Crippen LogP contribution < -0.4 is 5.32 Å². The maximum absolute atomic E-state index is 12.8. The monoisotopic (exact) mass is 420 g/mol. The van der Waals surface area contributed by atoms with Crippen molar-refractivity contribution < 1.29 is 4.79 Å². The molecule has 1 N–H and O–H groups in total. The van der Waals surface area contributed by atoms with Gasteiger partial charge in [-0.1, -0.05) is 63.2 Å². The number of amides is 1. The van der Waals surface area contributed by atoms with Crippen molar-refractivity contribution in [2.75, 3.05) is 0 Å². The highest BCUT2D eigenvalue weighted by Crippen LogP contribution is 2.52. The summed E-state index contributed by atoms with van der Waals surface area (Å²) in [5.41, 5.74) is 1.49. The Morgan fingerprint density at radius 1 is 1.15 bits per heavy atom. The zero-order chi connectivity index (χ0) is 20.0. The molecule has 1 amide bonds. The molecule has 0 radical (unpaired) electrons. The van der Waals surface area contributed by atoms with Gasteiger partial charge in [0.1, 0.15) is 0 Å². The third-order valence-corrected chi connectivity index (χ3v) is 6.49. The second-order valence-corrected chi connectivity index (χ2v) is 7.87. The van der Waals surface area contributed by atoms with Crippen LogP contribution in [-0.2, 0) is 4.79 Å². The van der Waals surface area contributed by atoms with Gasteiger partial charge in [-0.05, 0) is 50.2 Å². The third-order valence-electron chi connectivity index (χ3n) is 5.80. The van der Waals surface area contributed by atoms with Crippen molar-refractivity contribution in [1.29, 1.82) is 5.26 Å². The van der Waals surface area contributed by atoms with Crippen LogP contribution in [0.25, 0.3) is 0 Å². The van der Waals surface area contributed by atoms with Crippen molar-refractivity contribution in [1.82, 2.24) is 5.32 Å². The van der Waals surface area contributed by atoms with Gasteiger partial charge in [-0.15, -0.1) is 0 Å². The summed E-state index contributed by atoms with van der Waals surface area (Å²) in [7, 11) is 0. The van der Waals surface area contributed by atoms with Gasteiger partial charge in [0.15, 0.2) is 0 Å². The lowest BCUT2D eigenvalue weighted by molar-refractivity contribution is -0.121. The van der Waals surface area contributed by atoms with E-state index in [1.54, 1.807) is 0 Å². The fourth-order valence-corrected chi connectivity index (χ4v) is 4.62. The molecule has 0 aromatic heterocycles. The number of fused-ring (bicyclic) bond motifs is 3. The molecule has 0 saturated heterocycles. The Hall–Kier alpha value is -1.34. The number of carbonyl (C=O) groups is 1. The molecule has 3 nitrogen and oxygen atoms in total. The molecule has 0 aromatic carbocycles. The lowest BCUT2D eigenvalue weighted by Crippen LogP contribution is -2.57. The molecule has 3 fully saturated rings. The van der Waals surface area contributed by atoms with E-state index in [0.717, 1.165) is 54.2 Å². The molecule has 0 spiro atoms. The number of carbonyl (C=O) groups excluding carboxylic acids is 1. The van der Waals surface area contributed by atoms with E-state index in [0.29, 0.717) is 0 Å². The minimum absolute atomic E-state index is 0.0104. The lowest BCUT2D eigenvalue weighted by atomic mass is 9.58. The third kappa shape index (κ3) is 4.49. The minimum Gasteiger partial charge on any atom is -0.347 e. The molecule has 1 unspecified atom stereocenters. The predicted molar refractivity (Wildman–Crippen MR) is 113 cm³/mol. The second kappa shape index (κ2) is 9.55. The molecule has 1 atom stereocenters. The van der Waals surface area contributed by atoms with E-state index in [4.69, 9.17) is 0 Å². The van der Waals surface area contributed by atoms with Crippen LogP contribution in [0.4, 0.5) is 0 Å². The van der Waals surface area contributed by atoms with Crippen LogP contribution in [-0.4, -0.2) is 11.4 Å². The maximum Gasteiger partial charge on any atom is 0.249 e. The van der Waals surface area contributed by atoms with Gasteiger partial charge in [-0.3, -0.25) is 4.79 Å². The van der Waals surface area contributed by atoms with E-state index in [1.807, 2.05) is 46.8 Å². The lowest BCUT2D eigenvalue weighted by Gasteiger charge is -2.50. The quantitative estimate of drug-likeness (QED) is 0.579. The largest absolute Gasteiger partial charge is 0.347 e. The first-order chi connectivity index (χ1) is 12.4. The average Bonchev–Trinajstić information content (AvgIpc) is 2.69. The number of halogens is 1. The summed E-state index contributed by atoms with van der Waals surface area (Å²) in [5, 5.41) is 12.7. The first-order valence-corrected chi connectivity index (χ1v) is 10.7. The minimum atomic E-state index is -0.124. The molecule has 3 saturated carbocycles. The van der Waals surface area contributed by atoms with Crippen molar-refractivity contribution in [2.24, 2.45) is 11.3 Å². The summed E-state index contributed by atoms with van der Waals surface area (Å²) in [6.07, 6.45) is 9.33. The summed E-state index contributed by atoms with van der Waals surface area (Å²) in [4.78, 5) is 12.8. The highest BCUT2D eigenvalue weighted by Gasteiger charge is 2.49. The zero-order valence-corrected chi connectivity index (χ0v) is 18.5. The van der Waals surface area contributed by atoms with Crippen molar-refractivity contribution in [3.63, 3.8) is 0 Å². The van der Waals surface area contributed by atoms with E-state index in [1.165, 1.54) is 0 Å². The van der Waals surface area contributed by atoms with E-state index in [-0.39, 0.29) is 22.8 Å². The van der Waals surface area contributed by atoms with Gasteiger partial charge in [0.2, 0.25) is 5.91 Å². The van der Waals surface area contributed by atoms with Gasteiger partial charge in [0.05, 0.1) is 11.5 Å². The molecule has 4 rings (SSSR count). The first kappa shape index (κ1) is 22.7. The SMILES string of the molecule is C=C1C=CC(Br)=C(C(=O)NC23CCC(C#N)(CC2)CC3)C1C.CC.CC. The van der Waals surface area contributed by atoms with Crippen LogP contribution in [0.5, 0.6) is 0 Å². The molecular weight excluding hydrogens is 388 g/mol. The highest BCUT2D eigenvalue weighted by molar-refractivity contribution is 9.12. The molecule has 0 aromatic rings. The zero-order valence-electron chi connectivity index (χ0n) is 16.9. The molecular formula is C22H33BrN2O. The number of hydrogen-bond acceptors (Lipinski definition) is 2. The van der Waals surface area contributed by atoms with E-state index >= 15 is 0 Å². The number of allylic oxidation sites excluding steroid dienone is 4. The van der Waals surface area contributed by atoms with Gasteiger partial charge in [-0.25, -0.2) is 0 Å². The van der Waals surface area contributed by atoms with Crippen LogP contribution in [0.15, 0.2) is 34.4 Å². The van der Waals surface area contributed by atoms with E-state index in [2.05, 4.69) is 33.9 Å². The fourth-order valence-electron chi connectivity index (χ4n) is 3.96. The average molecular weight is 421 g/mol. The van der Waals surface area contributed by atoms with Gasteiger partial charge < -0.3 is 5.32 Å². The first-order valence-electron chi connectivity index (χ1n) is 9.91. The Morgan fingerprint density at radius 3 is 2.12 bits per heavy atom. The van der Waals surface area contributed by atoms with Crippen molar-refractivity contribution in [3.8, 4) is 6.07 Å². The number of nitriles is 1. The number of hydrogen-bond donors (Lipinski definition) is 1. The van der Waals surface area contributed by atoms with Crippen molar-refractivity contribution in [2.45, 2.75) is 78.7 Å². The summed E-state index contributed by atoms with van der Waals surface area (Å²) in [5.74, 6) is 0.0392. The number of nitrogens with zero attached hydrogens (tertiary/aromatic N) is 1. The molecule has 4 aliphatic rings. The normalized spacial score (nSPS) is 31.9. The highest BCUT2D eigenvalue weighted by atomic mass is 79.9. The standard InChI is InChI=1S/C18H21BrN2O.2C2H6/c1-12-3-4-14(19)15(13(12)2)16(22)21-18-8-5-17(11-20,6-9-18)7-10-18;2*1-2/h3-4,13H,1,5-10H2,2H3,(H,21,22);2*1-2H3.